The van der Waals surface area contributed by atoms with Gasteiger partial charge in [-0.1, -0.05) is 12.1 Å². The van der Waals surface area contributed by atoms with Crippen molar-refractivity contribution < 1.29 is 13.2 Å². The van der Waals surface area contributed by atoms with E-state index in [9.17, 15) is 13.2 Å². The van der Waals surface area contributed by atoms with Crippen LogP contribution in [0.1, 0.15) is 28.8 Å². The minimum Gasteiger partial charge on any atom is -0.339 e. The number of hydrogen-bond donors (Lipinski definition) is 0. The lowest BCUT2D eigenvalue weighted by Gasteiger charge is -2.33. The fourth-order valence-corrected chi connectivity index (χ4v) is 4.16. The zero-order valence-corrected chi connectivity index (χ0v) is 15.0. The first kappa shape index (κ1) is 17.4. The highest BCUT2D eigenvalue weighted by Crippen LogP contribution is 2.15. The first-order valence-corrected chi connectivity index (χ1v) is 10.3. The number of benzene rings is 1. The largest absolute Gasteiger partial charge is 0.339 e. The first-order chi connectivity index (χ1) is 11.4. The molecule has 0 aliphatic carbocycles. The molecule has 0 saturated carbocycles. The zero-order chi connectivity index (χ0) is 17.2. The Balaban J connectivity index is 1.54. The minimum absolute atomic E-state index is 0.126. The topological polar surface area (TPSA) is 60.9 Å². The van der Waals surface area contributed by atoms with Crippen LogP contribution in [-0.4, -0.2) is 74.0 Å². The number of carbonyl (C=O) groups is 1. The molecule has 0 bridgehead atoms. The summed E-state index contributed by atoms with van der Waals surface area (Å²) in [5, 5.41) is 0. The van der Waals surface area contributed by atoms with Crippen LogP contribution >= 0.6 is 0 Å². The fourth-order valence-electron chi connectivity index (χ4n) is 3.33. The summed E-state index contributed by atoms with van der Waals surface area (Å²) < 4.78 is 24.6. The van der Waals surface area contributed by atoms with Crippen molar-refractivity contribution in [2.45, 2.75) is 19.4 Å². The quantitative estimate of drug-likeness (QED) is 0.812. The molecule has 2 saturated heterocycles. The number of rotatable bonds is 4. The van der Waals surface area contributed by atoms with Crippen LogP contribution in [0.4, 0.5) is 0 Å². The lowest BCUT2D eigenvalue weighted by molar-refractivity contribution is 0.0793. The van der Waals surface area contributed by atoms with E-state index in [-0.39, 0.29) is 5.91 Å². The van der Waals surface area contributed by atoms with Crippen LogP contribution < -0.4 is 0 Å². The molecule has 1 aromatic rings. The Bertz CT molecular complexity index is 674. The predicted molar refractivity (Wildman–Crippen MR) is 93.3 cm³/mol. The van der Waals surface area contributed by atoms with Gasteiger partial charge < -0.3 is 4.90 Å². The van der Waals surface area contributed by atoms with Crippen molar-refractivity contribution in [1.29, 1.82) is 0 Å². The number of carbonyl (C=O) groups excluding carboxylic acids is 1. The Labute approximate surface area is 144 Å². The van der Waals surface area contributed by atoms with Gasteiger partial charge in [0.05, 0.1) is 6.26 Å². The van der Waals surface area contributed by atoms with Crippen molar-refractivity contribution >= 4 is 15.9 Å². The first-order valence-electron chi connectivity index (χ1n) is 8.49. The van der Waals surface area contributed by atoms with E-state index in [4.69, 9.17) is 0 Å². The molecule has 6 nitrogen and oxygen atoms in total. The van der Waals surface area contributed by atoms with E-state index in [0.29, 0.717) is 13.1 Å². The van der Waals surface area contributed by atoms with Crippen LogP contribution in [-0.2, 0) is 16.6 Å². The van der Waals surface area contributed by atoms with Gasteiger partial charge in [-0.05, 0) is 30.5 Å². The molecule has 24 heavy (non-hydrogen) atoms. The van der Waals surface area contributed by atoms with Gasteiger partial charge in [0, 0.05) is 51.4 Å². The summed E-state index contributed by atoms with van der Waals surface area (Å²) in [5.41, 5.74) is 1.91. The van der Waals surface area contributed by atoms with Crippen LogP contribution in [0, 0.1) is 0 Å². The Kier molecular flexibility index (Phi) is 5.22. The molecule has 0 radical (unpaired) electrons. The molecular weight excluding hydrogens is 326 g/mol. The third-order valence-corrected chi connectivity index (χ3v) is 6.10. The third kappa shape index (κ3) is 4.15. The van der Waals surface area contributed by atoms with Gasteiger partial charge in [-0.2, -0.15) is 4.31 Å². The Morgan fingerprint density at radius 3 is 2.08 bits per heavy atom. The highest BCUT2D eigenvalue weighted by Gasteiger charge is 2.23. The van der Waals surface area contributed by atoms with Gasteiger partial charge in [-0.3, -0.25) is 9.69 Å². The van der Waals surface area contributed by atoms with E-state index in [0.717, 1.165) is 56.7 Å². The van der Waals surface area contributed by atoms with Gasteiger partial charge in [0.1, 0.15) is 0 Å². The van der Waals surface area contributed by atoms with Gasteiger partial charge in [0.2, 0.25) is 10.0 Å². The van der Waals surface area contributed by atoms with Crippen LogP contribution in [0.2, 0.25) is 0 Å². The van der Waals surface area contributed by atoms with Gasteiger partial charge in [-0.25, -0.2) is 8.42 Å². The highest BCUT2D eigenvalue weighted by molar-refractivity contribution is 7.88. The maximum absolute atomic E-state index is 12.3. The van der Waals surface area contributed by atoms with E-state index in [1.807, 2.05) is 29.2 Å². The number of sulfonamides is 1. The Morgan fingerprint density at radius 2 is 1.54 bits per heavy atom. The van der Waals surface area contributed by atoms with E-state index in [1.54, 1.807) is 0 Å². The predicted octanol–water partition coefficient (Wildman–Crippen LogP) is 1.000. The monoisotopic (exact) mass is 351 g/mol. The molecule has 2 heterocycles. The van der Waals surface area contributed by atoms with E-state index < -0.39 is 10.0 Å². The zero-order valence-electron chi connectivity index (χ0n) is 14.1. The molecule has 0 aromatic heterocycles. The van der Waals surface area contributed by atoms with Gasteiger partial charge in [0.25, 0.3) is 5.91 Å². The number of likely N-dealkylation sites (tertiary alicyclic amines) is 1. The molecule has 1 amide bonds. The number of amides is 1. The third-order valence-electron chi connectivity index (χ3n) is 4.80. The van der Waals surface area contributed by atoms with E-state index in [1.165, 1.54) is 10.6 Å². The molecule has 2 aliphatic rings. The normalized spacial score (nSPS) is 20.5. The summed E-state index contributed by atoms with van der Waals surface area (Å²) in [6, 6.07) is 7.82. The molecule has 1 aromatic carbocycles. The van der Waals surface area contributed by atoms with E-state index in [2.05, 4.69) is 4.90 Å². The molecule has 0 unspecified atom stereocenters. The fraction of sp³-hybridized carbons (Fsp3) is 0.588. The number of nitrogens with zero attached hydrogens (tertiary/aromatic N) is 3. The molecule has 0 atom stereocenters. The summed E-state index contributed by atoms with van der Waals surface area (Å²) in [6.07, 6.45) is 3.46. The Morgan fingerprint density at radius 1 is 0.958 bits per heavy atom. The van der Waals surface area contributed by atoms with E-state index >= 15 is 0 Å². The SMILES string of the molecule is CS(=O)(=O)N1CCN(Cc2ccc(C(=O)N3CCCC3)cc2)CC1. The highest BCUT2D eigenvalue weighted by atomic mass is 32.2. The standard InChI is InChI=1S/C17H25N3O3S/c1-24(22,23)20-12-10-18(11-13-20)14-15-4-6-16(7-5-15)17(21)19-8-2-3-9-19/h4-7H,2-3,8-14H2,1H3. The number of hydrogen-bond acceptors (Lipinski definition) is 4. The van der Waals surface area contributed by atoms with Crippen LogP contribution in [0.5, 0.6) is 0 Å². The van der Waals surface area contributed by atoms with Crippen molar-refractivity contribution in [2.24, 2.45) is 0 Å². The lowest BCUT2D eigenvalue weighted by Crippen LogP contribution is -2.47. The average molecular weight is 351 g/mol. The molecule has 2 aliphatic heterocycles. The van der Waals surface area contributed by atoms with Crippen LogP contribution in [0.3, 0.4) is 0 Å². The van der Waals surface area contributed by atoms with Gasteiger partial charge in [-0.15, -0.1) is 0 Å². The second kappa shape index (κ2) is 7.21. The van der Waals surface area contributed by atoms with Crippen molar-refractivity contribution in [2.75, 3.05) is 45.5 Å². The second-order valence-corrected chi connectivity index (χ2v) is 8.62. The van der Waals surface area contributed by atoms with Crippen molar-refractivity contribution in [3.05, 3.63) is 35.4 Å². The number of piperazine rings is 1. The molecule has 132 valence electrons. The van der Waals surface area contributed by atoms with Crippen molar-refractivity contribution in [3.63, 3.8) is 0 Å². The maximum Gasteiger partial charge on any atom is 0.253 e. The smallest absolute Gasteiger partial charge is 0.253 e. The summed E-state index contributed by atoms with van der Waals surface area (Å²) in [4.78, 5) is 16.5. The molecule has 0 N–H and O–H groups in total. The maximum atomic E-state index is 12.3. The summed E-state index contributed by atoms with van der Waals surface area (Å²) in [6.45, 7) is 5.09. The van der Waals surface area contributed by atoms with Crippen LogP contribution in [0.25, 0.3) is 0 Å². The average Bonchev–Trinajstić information content (AvgIpc) is 3.09. The minimum atomic E-state index is -3.08. The summed E-state index contributed by atoms with van der Waals surface area (Å²) in [7, 11) is -3.08. The van der Waals surface area contributed by atoms with Crippen LogP contribution in [0.15, 0.2) is 24.3 Å². The van der Waals surface area contributed by atoms with Crippen molar-refractivity contribution in [1.82, 2.24) is 14.1 Å². The molecule has 7 heteroatoms. The molecule has 0 spiro atoms. The molecule has 2 fully saturated rings. The van der Waals surface area contributed by atoms with Gasteiger partial charge >= 0.3 is 0 Å². The molecule has 3 rings (SSSR count). The van der Waals surface area contributed by atoms with Crippen molar-refractivity contribution in [3.8, 4) is 0 Å². The molecular formula is C17H25N3O3S. The Hall–Kier alpha value is -1.44. The van der Waals surface area contributed by atoms with Gasteiger partial charge in [0.15, 0.2) is 0 Å². The summed E-state index contributed by atoms with van der Waals surface area (Å²) in [5.74, 6) is 0.126. The lowest BCUT2D eigenvalue weighted by atomic mass is 10.1. The summed E-state index contributed by atoms with van der Waals surface area (Å²) >= 11 is 0. The second-order valence-electron chi connectivity index (χ2n) is 6.63.